The Morgan fingerprint density at radius 2 is 1.71 bits per heavy atom. The Hall–Kier alpha value is -0.590. The van der Waals surface area contributed by atoms with Gasteiger partial charge in [0.05, 0.1) is 19.8 Å². The summed E-state index contributed by atoms with van der Waals surface area (Å²) in [5.74, 6) is 0. The fourth-order valence-electron chi connectivity index (χ4n) is 2.52. The Morgan fingerprint density at radius 1 is 1.05 bits per heavy atom. The van der Waals surface area contributed by atoms with E-state index in [4.69, 9.17) is 9.84 Å². The Kier molecular flexibility index (Phi) is 7.53. The molecule has 0 unspecified atom stereocenters. The number of aliphatic hydroxyl groups excluding tert-OH is 1. The molecule has 0 bridgehead atoms. The Bertz CT molecular complexity index is 392. The van der Waals surface area contributed by atoms with Crippen LogP contribution in [0.2, 0.25) is 0 Å². The van der Waals surface area contributed by atoms with Crippen molar-refractivity contribution in [3.63, 3.8) is 0 Å². The summed E-state index contributed by atoms with van der Waals surface area (Å²) in [7, 11) is 0. The summed E-state index contributed by atoms with van der Waals surface area (Å²) < 4.78 is 5.32. The molecule has 1 aromatic rings. The number of benzene rings is 1. The highest BCUT2D eigenvalue weighted by atomic mass is 32.2. The molecule has 2 rings (SSSR count). The van der Waals surface area contributed by atoms with Gasteiger partial charge in [0.1, 0.15) is 0 Å². The maximum atomic E-state index is 8.66. The summed E-state index contributed by atoms with van der Waals surface area (Å²) in [6, 6.07) is 8.88. The summed E-state index contributed by atoms with van der Waals surface area (Å²) in [5.41, 5.74) is 1.40. The third-order valence-corrected chi connectivity index (χ3v) is 4.56. The van der Waals surface area contributed by atoms with E-state index in [9.17, 15) is 0 Å². The number of piperazine rings is 1. The van der Waals surface area contributed by atoms with Gasteiger partial charge in [-0.05, 0) is 24.0 Å². The van der Waals surface area contributed by atoms with Gasteiger partial charge in [-0.2, -0.15) is 0 Å². The van der Waals surface area contributed by atoms with Gasteiger partial charge in [-0.25, -0.2) is 0 Å². The first kappa shape index (κ1) is 16.8. The SMILES string of the molecule is CSc1ccc(CN2CCN(CCOCCO)CC2)cc1. The number of ether oxygens (including phenoxy) is 1. The molecule has 1 saturated heterocycles. The van der Waals surface area contributed by atoms with E-state index in [0.29, 0.717) is 6.61 Å². The first-order valence-corrected chi connectivity index (χ1v) is 8.80. The molecule has 0 aromatic heterocycles. The van der Waals surface area contributed by atoms with Crippen molar-refractivity contribution in [2.24, 2.45) is 0 Å². The molecule has 118 valence electrons. The van der Waals surface area contributed by atoms with Gasteiger partial charge >= 0.3 is 0 Å². The lowest BCUT2D eigenvalue weighted by Crippen LogP contribution is -2.46. The van der Waals surface area contributed by atoms with E-state index in [2.05, 4.69) is 40.3 Å². The van der Waals surface area contributed by atoms with Gasteiger partial charge in [-0.15, -0.1) is 11.8 Å². The number of aliphatic hydroxyl groups is 1. The second-order valence-corrected chi connectivity index (χ2v) is 6.18. The zero-order chi connectivity index (χ0) is 14.9. The van der Waals surface area contributed by atoms with E-state index in [-0.39, 0.29) is 6.61 Å². The van der Waals surface area contributed by atoms with Gasteiger partial charge in [0, 0.05) is 44.2 Å². The molecule has 0 spiro atoms. The van der Waals surface area contributed by atoms with Crippen molar-refractivity contribution in [2.45, 2.75) is 11.4 Å². The van der Waals surface area contributed by atoms with Crippen LogP contribution in [0.4, 0.5) is 0 Å². The molecule has 0 radical (unpaired) electrons. The summed E-state index contributed by atoms with van der Waals surface area (Å²) in [5, 5.41) is 8.66. The third kappa shape index (κ3) is 5.96. The number of thioether (sulfide) groups is 1. The molecule has 0 atom stereocenters. The molecular formula is C16H26N2O2S. The first-order valence-electron chi connectivity index (χ1n) is 7.58. The van der Waals surface area contributed by atoms with Crippen molar-refractivity contribution < 1.29 is 9.84 Å². The Morgan fingerprint density at radius 3 is 2.33 bits per heavy atom. The summed E-state index contributed by atoms with van der Waals surface area (Å²) in [6.07, 6.45) is 2.11. The largest absolute Gasteiger partial charge is 0.394 e. The summed E-state index contributed by atoms with van der Waals surface area (Å²) >= 11 is 1.79. The highest BCUT2D eigenvalue weighted by Gasteiger charge is 2.16. The minimum Gasteiger partial charge on any atom is -0.394 e. The van der Waals surface area contributed by atoms with Gasteiger partial charge < -0.3 is 9.84 Å². The van der Waals surface area contributed by atoms with Crippen molar-refractivity contribution >= 4 is 11.8 Å². The smallest absolute Gasteiger partial charge is 0.0698 e. The highest BCUT2D eigenvalue weighted by molar-refractivity contribution is 7.98. The van der Waals surface area contributed by atoms with Crippen LogP contribution >= 0.6 is 11.8 Å². The maximum absolute atomic E-state index is 8.66. The van der Waals surface area contributed by atoms with E-state index in [1.54, 1.807) is 11.8 Å². The molecule has 1 aromatic carbocycles. The molecule has 21 heavy (non-hydrogen) atoms. The van der Waals surface area contributed by atoms with Crippen molar-refractivity contribution in [3.05, 3.63) is 29.8 Å². The maximum Gasteiger partial charge on any atom is 0.0698 e. The van der Waals surface area contributed by atoms with Crippen molar-refractivity contribution in [3.8, 4) is 0 Å². The Balaban J connectivity index is 1.66. The second-order valence-electron chi connectivity index (χ2n) is 5.30. The summed E-state index contributed by atoms with van der Waals surface area (Å²) in [4.78, 5) is 6.27. The zero-order valence-electron chi connectivity index (χ0n) is 12.8. The Labute approximate surface area is 132 Å². The van der Waals surface area contributed by atoms with E-state index in [1.807, 2.05) is 0 Å². The molecule has 1 aliphatic heterocycles. The molecule has 0 saturated carbocycles. The van der Waals surface area contributed by atoms with Crippen LogP contribution in [0.25, 0.3) is 0 Å². The fraction of sp³-hybridized carbons (Fsp3) is 0.625. The summed E-state index contributed by atoms with van der Waals surface area (Å²) in [6.45, 7) is 7.73. The lowest BCUT2D eigenvalue weighted by atomic mass is 10.2. The topological polar surface area (TPSA) is 35.9 Å². The third-order valence-electron chi connectivity index (χ3n) is 3.82. The van der Waals surface area contributed by atoms with Gasteiger partial charge in [0.2, 0.25) is 0 Å². The normalized spacial score (nSPS) is 17.2. The molecule has 0 amide bonds. The van der Waals surface area contributed by atoms with Crippen LogP contribution in [-0.2, 0) is 11.3 Å². The van der Waals surface area contributed by atoms with E-state index in [0.717, 1.165) is 45.9 Å². The quantitative estimate of drug-likeness (QED) is 0.582. The van der Waals surface area contributed by atoms with Crippen molar-refractivity contribution in [1.29, 1.82) is 0 Å². The van der Waals surface area contributed by atoms with Crippen LogP contribution in [0, 0.1) is 0 Å². The van der Waals surface area contributed by atoms with E-state index >= 15 is 0 Å². The average Bonchev–Trinajstić information content (AvgIpc) is 2.54. The fourth-order valence-corrected chi connectivity index (χ4v) is 2.93. The van der Waals surface area contributed by atoms with Gasteiger partial charge in [-0.1, -0.05) is 12.1 Å². The van der Waals surface area contributed by atoms with Crippen LogP contribution in [-0.4, -0.2) is 73.7 Å². The van der Waals surface area contributed by atoms with Crippen LogP contribution in [0.15, 0.2) is 29.2 Å². The van der Waals surface area contributed by atoms with E-state index < -0.39 is 0 Å². The predicted octanol–water partition coefficient (Wildman–Crippen LogP) is 1.53. The first-order chi connectivity index (χ1) is 10.3. The molecule has 5 heteroatoms. The molecular weight excluding hydrogens is 284 g/mol. The van der Waals surface area contributed by atoms with Crippen LogP contribution in [0.3, 0.4) is 0 Å². The molecule has 0 aliphatic carbocycles. The molecule has 1 N–H and O–H groups in total. The van der Waals surface area contributed by atoms with Gasteiger partial charge in [0.15, 0.2) is 0 Å². The lowest BCUT2D eigenvalue weighted by molar-refractivity contribution is 0.0564. The van der Waals surface area contributed by atoms with Crippen molar-refractivity contribution in [1.82, 2.24) is 9.80 Å². The van der Waals surface area contributed by atoms with Crippen LogP contribution < -0.4 is 0 Å². The highest BCUT2D eigenvalue weighted by Crippen LogP contribution is 2.16. The molecule has 1 aliphatic rings. The molecule has 4 nitrogen and oxygen atoms in total. The lowest BCUT2D eigenvalue weighted by Gasteiger charge is -2.34. The standard InChI is InChI=1S/C16H26N2O2S/c1-21-16-4-2-15(3-5-16)14-18-8-6-17(7-9-18)10-12-20-13-11-19/h2-5,19H,6-14H2,1H3. The second kappa shape index (κ2) is 9.43. The van der Waals surface area contributed by atoms with Crippen LogP contribution in [0.5, 0.6) is 0 Å². The molecule has 1 heterocycles. The number of hydrogen-bond acceptors (Lipinski definition) is 5. The number of hydrogen-bond donors (Lipinski definition) is 1. The van der Waals surface area contributed by atoms with Crippen molar-refractivity contribution in [2.75, 3.05) is 58.8 Å². The zero-order valence-corrected chi connectivity index (χ0v) is 13.6. The van der Waals surface area contributed by atoms with Gasteiger partial charge in [-0.3, -0.25) is 9.80 Å². The van der Waals surface area contributed by atoms with Crippen LogP contribution in [0.1, 0.15) is 5.56 Å². The number of nitrogens with zero attached hydrogens (tertiary/aromatic N) is 2. The number of rotatable bonds is 8. The predicted molar refractivity (Wildman–Crippen MR) is 87.8 cm³/mol. The monoisotopic (exact) mass is 310 g/mol. The van der Waals surface area contributed by atoms with Gasteiger partial charge in [0.25, 0.3) is 0 Å². The molecule has 1 fully saturated rings. The average molecular weight is 310 g/mol. The van der Waals surface area contributed by atoms with E-state index in [1.165, 1.54) is 10.5 Å². The minimum atomic E-state index is 0.114. The minimum absolute atomic E-state index is 0.114.